The van der Waals surface area contributed by atoms with E-state index >= 15 is 0 Å². The molecular weight excluding hydrogens is 410 g/mol. The van der Waals surface area contributed by atoms with Crippen molar-refractivity contribution in [1.82, 2.24) is 19.6 Å². The van der Waals surface area contributed by atoms with Crippen LogP contribution in [-0.4, -0.2) is 32.8 Å². The van der Waals surface area contributed by atoms with Crippen LogP contribution in [0.1, 0.15) is 62.6 Å². The van der Waals surface area contributed by atoms with Gasteiger partial charge in [0.05, 0.1) is 47.7 Å². The molecule has 0 aliphatic carbocycles. The van der Waals surface area contributed by atoms with Crippen LogP contribution in [0, 0.1) is 11.6 Å². The molecule has 4 aromatic rings. The van der Waals surface area contributed by atoms with Crippen LogP contribution in [0.3, 0.4) is 0 Å². The Balaban J connectivity index is 1.60. The molecular formula is C25H28F2N4O. The van der Waals surface area contributed by atoms with E-state index in [0.29, 0.717) is 19.6 Å². The van der Waals surface area contributed by atoms with Gasteiger partial charge in [0, 0.05) is 10.8 Å². The van der Waals surface area contributed by atoms with Crippen LogP contribution in [0.2, 0.25) is 0 Å². The molecule has 0 spiro atoms. The number of aromatic nitrogens is 4. The number of fused-ring (bicyclic) bond motifs is 2. The van der Waals surface area contributed by atoms with Crippen LogP contribution in [0.4, 0.5) is 8.78 Å². The van der Waals surface area contributed by atoms with Gasteiger partial charge in [-0.15, -0.1) is 0 Å². The lowest BCUT2D eigenvalue weighted by Gasteiger charge is -2.27. The molecule has 2 aromatic carbocycles. The fourth-order valence-corrected chi connectivity index (χ4v) is 4.75. The highest BCUT2D eigenvalue weighted by atomic mass is 19.1. The first-order chi connectivity index (χ1) is 15.4. The molecule has 5 nitrogen and oxygen atoms in total. The van der Waals surface area contributed by atoms with Crippen LogP contribution in [0.25, 0.3) is 21.8 Å². The zero-order chi connectivity index (χ0) is 22.6. The summed E-state index contributed by atoms with van der Waals surface area (Å²) >= 11 is 0. The Hall–Kier alpha value is -2.80. The highest BCUT2D eigenvalue weighted by molar-refractivity contribution is 5.86. The molecule has 0 bridgehead atoms. The van der Waals surface area contributed by atoms with E-state index in [4.69, 9.17) is 14.9 Å². The Labute approximate surface area is 186 Å². The molecule has 7 heteroatoms. The van der Waals surface area contributed by atoms with Crippen molar-refractivity contribution in [3.8, 4) is 0 Å². The van der Waals surface area contributed by atoms with Crippen molar-refractivity contribution in [3.63, 3.8) is 0 Å². The minimum Gasteiger partial charge on any atom is -0.377 e. The van der Waals surface area contributed by atoms with Crippen LogP contribution in [0.5, 0.6) is 0 Å². The van der Waals surface area contributed by atoms with E-state index in [1.54, 1.807) is 24.3 Å². The topological polar surface area (TPSA) is 44.9 Å². The maximum atomic E-state index is 14.7. The largest absolute Gasteiger partial charge is 0.377 e. The first-order valence-corrected chi connectivity index (χ1v) is 11.3. The summed E-state index contributed by atoms with van der Waals surface area (Å²) in [5.74, 6) is -0.360. The Morgan fingerprint density at radius 1 is 1.03 bits per heavy atom. The molecule has 5 rings (SSSR count). The highest BCUT2D eigenvalue weighted by Gasteiger charge is 2.26. The number of hydrogen-bond donors (Lipinski definition) is 0. The van der Waals surface area contributed by atoms with Gasteiger partial charge in [0.25, 0.3) is 0 Å². The van der Waals surface area contributed by atoms with Gasteiger partial charge in [-0.05, 0) is 61.6 Å². The number of rotatable bonds is 6. The van der Waals surface area contributed by atoms with Crippen LogP contribution >= 0.6 is 0 Å². The molecule has 0 amide bonds. The van der Waals surface area contributed by atoms with Gasteiger partial charge in [0.1, 0.15) is 11.6 Å². The summed E-state index contributed by atoms with van der Waals surface area (Å²) < 4.78 is 37.9. The molecule has 0 N–H and O–H groups in total. The number of nitrogens with zero attached hydrogens (tertiary/aromatic N) is 4. The van der Waals surface area contributed by atoms with Gasteiger partial charge in [-0.1, -0.05) is 20.8 Å². The third kappa shape index (κ3) is 3.39. The molecule has 3 heterocycles. The Kier molecular flexibility index (Phi) is 5.24. The monoisotopic (exact) mass is 438 g/mol. The van der Waals surface area contributed by atoms with Crippen molar-refractivity contribution in [2.45, 2.75) is 58.5 Å². The van der Waals surface area contributed by atoms with E-state index in [1.165, 1.54) is 6.07 Å². The quantitative estimate of drug-likeness (QED) is 0.386. The molecule has 2 aromatic heterocycles. The van der Waals surface area contributed by atoms with E-state index in [9.17, 15) is 8.78 Å². The number of aryl methyl sites for hydroxylation is 1. The van der Waals surface area contributed by atoms with Gasteiger partial charge < -0.3 is 4.74 Å². The molecule has 1 aliphatic rings. The second kappa shape index (κ2) is 7.96. The first-order valence-electron chi connectivity index (χ1n) is 11.3. The lowest BCUT2D eigenvalue weighted by Crippen LogP contribution is -2.31. The highest BCUT2D eigenvalue weighted by Crippen LogP contribution is 2.33. The lowest BCUT2D eigenvalue weighted by molar-refractivity contribution is -0.0268. The van der Waals surface area contributed by atoms with Crippen LogP contribution in [0.15, 0.2) is 30.3 Å². The smallest absolute Gasteiger partial charge is 0.125 e. The van der Waals surface area contributed by atoms with Crippen molar-refractivity contribution in [2.75, 3.05) is 13.2 Å². The normalized spacial score (nSPS) is 15.7. The Bertz CT molecular complexity index is 1300. The summed E-state index contributed by atoms with van der Waals surface area (Å²) in [5.41, 5.74) is 4.50. The van der Waals surface area contributed by atoms with Crippen molar-refractivity contribution < 1.29 is 13.5 Å². The molecule has 1 atom stereocenters. The van der Waals surface area contributed by atoms with Gasteiger partial charge in [0.2, 0.25) is 0 Å². The summed E-state index contributed by atoms with van der Waals surface area (Å²) in [6, 6.07) is 8.13. The van der Waals surface area contributed by atoms with E-state index in [-0.39, 0.29) is 29.6 Å². The second-order valence-corrected chi connectivity index (χ2v) is 9.09. The molecule has 1 aliphatic heterocycles. The fourth-order valence-electron chi connectivity index (χ4n) is 4.75. The number of halogens is 2. The van der Waals surface area contributed by atoms with Crippen molar-refractivity contribution in [2.24, 2.45) is 0 Å². The molecule has 0 radical (unpaired) electrons. The number of hydrogen-bond acceptors (Lipinski definition) is 3. The molecule has 168 valence electrons. The van der Waals surface area contributed by atoms with Crippen LogP contribution < -0.4 is 0 Å². The summed E-state index contributed by atoms with van der Waals surface area (Å²) in [5, 5.41) is 11.5. The first kappa shape index (κ1) is 21.1. The minimum atomic E-state index is -0.265. The van der Waals surface area contributed by atoms with Gasteiger partial charge in [-0.3, -0.25) is 9.36 Å². The standard InChI is InChI=1S/C25H28F2N4O/c1-5-21-24-16(9-18(27)11-23(24)31(28-21)19-12-32-13-19)8-15(4)30-22-7-6-17(26)10-20(22)25(29-30)14(2)3/h6-7,9-11,14-15,19H,5,8,12-13H2,1-4H3. The van der Waals surface area contributed by atoms with Gasteiger partial charge >= 0.3 is 0 Å². The van der Waals surface area contributed by atoms with Gasteiger partial charge in [-0.25, -0.2) is 8.78 Å². The maximum absolute atomic E-state index is 14.7. The zero-order valence-electron chi connectivity index (χ0n) is 18.9. The average molecular weight is 439 g/mol. The third-order valence-electron chi connectivity index (χ3n) is 6.41. The van der Waals surface area contributed by atoms with Crippen molar-refractivity contribution >= 4 is 21.8 Å². The van der Waals surface area contributed by atoms with Gasteiger partial charge in [0.15, 0.2) is 0 Å². The SMILES string of the molecule is CCc1nn(C2COC2)c2cc(F)cc(CC(C)n3nc(C(C)C)c4cc(F)ccc43)c12. The summed E-state index contributed by atoms with van der Waals surface area (Å²) in [6.07, 6.45) is 1.37. The van der Waals surface area contributed by atoms with Gasteiger partial charge in [-0.2, -0.15) is 10.2 Å². The predicted molar refractivity (Wildman–Crippen MR) is 121 cm³/mol. The van der Waals surface area contributed by atoms with Crippen LogP contribution in [-0.2, 0) is 17.6 Å². The third-order valence-corrected chi connectivity index (χ3v) is 6.41. The fraction of sp³-hybridized carbons (Fsp3) is 0.440. The molecule has 1 unspecified atom stereocenters. The summed E-state index contributed by atoms with van der Waals surface area (Å²) in [6.45, 7) is 9.48. The Morgan fingerprint density at radius 2 is 1.81 bits per heavy atom. The molecule has 1 saturated heterocycles. The Morgan fingerprint density at radius 3 is 2.47 bits per heavy atom. The molecule has 1 fully saturated rings. The van der Waals surface area contributed by atoms with Crippen molar-refractivity contribution in [1.29, 1.82) is 0 Å². The van der Waals surface area contributed by atoms with E-state index in [2.05, 4.69) is 27.7 Å². The second-order valence-electron chi connectivity index (χ2n) is 9.09. The molecule has 32 heavy (non-hydrogen) atoms. The zero-order valence-corrected chi connectivity index (χ0v) is 18.9. The summed E-state index contributed by atoms with van der Waals surface area (Å²) in [7, 11) is 0. The average Bonchev–Trinajstić information content (AvgIpc) is 3.25. The van der Waals surface area contributed by atoms with E-state index < -0.39 is 0 Å². The number of ether oxygens (including phenoxy) is 1. The number of benzene rings is 2. The summed E-state index contributed by atoms with van der Waals surface area (Å²) in [4.78, 5) is 0. The maximum Gasteiger partial charge on any atom is 0.125 e. The minimum absolute atomic E-state index is 0.0412. The lowest BCUT2D eigenvalue weighted by atomic mass is 10.00. The van der Waals surface area contributed by atoms with E-state index in [1.807, 2.05) is 9.36 Å². The van der Waals surface area contributed by atoms with Crippen molar-refractivity contribution in [3.05, 3.63) is 58.9 Å². The predicted octanol–water partition coefficient (Wildman–Crippen LogP) is 5.73. The molecule has 0 saturated carbocycles. The van der Waals surface area contributed by atoms with E-state index in [0.717, 1.165) is 45.2 Å².